The number of rotatable bonds is 4. The third-order valence-electron chi connectivity index (χ3n) is 4.66. The SMILES string of the molecule is O=C(CN1CCN(Cc2cccnc2)CC1)N1CCCCC1. The van der Waals surface area contributed by atoms with E-state index in [1.165, 1.54) is 24.8 Å². The maximum Gasteiger partial charge on any atom is 0.236 e. The number of carbonyl (C=O) groups excluding carboxylic acids is 1. The van der Waals surface area contributed by atoms with Gasteiger partial charge >= 0.3 is 0 Å². The van der Waals surface area contributed by atoms with Crippen LogP contribution in [0.25, 0.3) is 0 Å². The maximum absolute atomic E-state index is 12.3. The van der Waals surface area contributed by atoms with Crippen LogP contribution in [-0.4, -0.2) is 71.4 Å². The first-order chi connectivity index (χ1) is 10.8. The van der Waals surface area contributed by atoms with Crippen LogP contribution in [0.2, 0.25) is 0 Å². The first-order valence-corrected chi connectivity index (χ1v) is 8.43. The molecule has 1 aromatic rings. The standard InChI is InChI=1S/C17H26N4O/c22-17(21-7-2-1-3-8-21)15-20-11-9-19(10-12-20)14-16-5-4-6-18-13-16/h4-6,13H,1-3,7-12,14-15H2. The zero-order valence-electron chi connectivity index (χ0n) is 13.3. The Labute approximate surface area is 132 Å². The minimum absolute atomic E-state index is 0.320. The molecule has 5 heteroatoms. The Morgan fingerprint density at radius 3 is 2.41 bits per heavy atom. The molecule has 120 valence electrons. The number of hydrogen-bond acceptors (Lipinski definition) is 4. The van der Waals surface area contributed by atoms with Crippen molar-refractivity contribution in [3.05, 3.63) is 30.1 Å². The molecule has 22 heavy (non-hydrogen) atoms. The molecule has 2 saturated heterocycles. The molecule has 2 fully saturated rings. The van der Waals surface area contributed by atoms with Crippen LogP contribution in [-0.2, 0) is 11.3 Å². The van der Waals surface area contributed by atoms with Gasteiger partial charge in [0.25, 0.3) is 0 Å². The summed E-state index contributed by atoms with van der Waals surface area (Å²) in [5.74, 6) is 0.320. The summed E-state index contributed by atoms with van der Waals surface area (Å²) in [7, 11) is 0. The van der Waals surface area contributed by atoms with E-state index in [9.17, 15) is 4.79 Å². The van der Waals surface area contributed by atoms with Gasteiger partial charge in [0.1, 0.15) is 0 Å². The number of aromatic nitrogens is 1. The van der Waals surface area contributed by atoms with Crippen molar-refractivity contribution < 1.29 is 4.79 Å². The summed E-state index contributed by atoms with van der Waals surface area (Å²) in [5, 5.41) is 0. The summed E-state index contributed by atoms with van der Waals surface area (Å²) in [6, 6.07) is 4.11. The summed E-state index contributed by atoms with van der Waals surface area (Å²) in [6.07, 6.45) is 7.37. The molecule has 1 amide bonds. The first-order valence-electron chi connectivity index (χ1n) is 8.43. The number of piperazine rings is 1. The number of nitrogens with zero attached hydrogens (tertiary/aromatic N) is 4. The van der Waals surface area contributed by atoms with Crippen molar-refractivity contribution in [3.63, 3.8) is 0 Å². The lowest BCUT2D eigenvalue weighted by Crippen LogP contribution is -2.50. The van der Waals surface area contributed by atoms with Crippen LogP contribution in [0.1, 0.15) is 24.8 Å². The van der Waals surface area contributed by atoms with Crippen molar-refractivity contribution in [2.45, 2.75) is 25.8 Å². The summed E-state index contributed by atoms with van der Waals surface area (Å²) in [5.41, 5.74) is 1.26. The van der Waals surface area contributed by atoms with Gasteiger partial charge in [0.2, 0.25) is 5.91 Å². The molecule has 0 bridgehead atoms. The molecule has 0 aromatic carbocycles. The molecule has 1 aromatic heterocycles. The zero-order valence-corrected chi connectivity index (χ0v) is 13.3. The summed E-state index contributed by atoms with van der Waals surface area (Å²) in [4.78, 5) is 23.3. The quantitative estimate of drug-likeness (QED) is 0.838. The van der Waals surface area contributed by atoms with Gasteiger partial charge in [-0.25, -0.2) is 0 Å². The highest BCUT2D eigenvalue weighted by atomic mass is 16.2. The number of pyridine rings is 1. The summed E-state index contributed by atoms with van der Waals surface area (Å²) < 4.78 is 0. The number of hydrogen-bond donors (Lipinski definition) is 0. The lowest BCUT2D eigenvalue weighted by atomic mass is 10.1. The van der Waals surface area contributed by atoms with Gasteiger partial charge < -0.3 is 4.90 Å². The molecule has 2 aliphatic heterocycles. The summed E-state index contributed by atoms with van der Waals surface area (Å²) in [6.45, 7) is 7.51. The topological polar surface area (TPSA) is 39.7 Å². The Morgan fingerprint density at radius 1 is 1.00 bits per heavy atom. The fourth-order valence-electron chi connectivity index (χ4n) is 3.29. The van der Waals surface area contributed by atoms with E-state index in [0.717, 1.165) is 45.8 Å². The van der Waals surface area contributed by atoms with Crippen LogP contribution in [0.5, 0.6) is 0 Å². The smallest absolute Gasteiger partial charge is 0.236 e. The highest BCUT2D eigenvalue weighted by molar-refractivity contribution is 5.78. The number of likely N-dealkylation sites (tertiary alicyclic amines) is 1. The predicted molar refractivity (Wildman–Crippen MR) is 86.4 cm³/mol. The predicted octanol–water partition coefficient (Wildman–Crippen LogP) is 1.21. The minimum atomic E-state index is 0.320. The second-order valence-corrected chi connectivity index (χ2v) is 6.36. The van der Waals surface area contributed by atoms with Gasteiger partial charge in [0, 0.05) is 58.2 Å². The number of piperidine rings is 1. The molecule has 3 rings (SSSR count). The van der Waals surface area contributed by atoms with Crippen LogP contribution in [0.15, 0.2) is 24.5 Å². The van der Waals surface area contributed by atoms with Gasteiger partial charge in [-0.1, -0.05) is 6.07 Å². The average Bonchev–Trinajstić information content (AvgIpc) is 2.58. The maximum atomic E-state index is 12.3. The van der Waals surface area contributed by atoms with Crippen LogP contribution >= 0.6 is 0 Å². The number of amides is 1. The van der Waals surface area contributed by atoms with Crippen molar-refractivity contribution in [3.8, 4) is 0 Å². The average molecular weight is 302 g/mol. The van der Waals surface area contributed by atoms with Crippen molar-refractivity contribution in [2.75, 3.05) is 45.8 Å². The van der Waals surface area contributed by atoms with Gasteiger partial charge in [-0.2, -0.15) is 0 Å². The van der Waals surface area contributed by atoms with E-state index in [1.54, 1.807) is 0 Å². The fourth-order valence-corrected chi connectivity index (χ4v) is 3.29. The molecule has 2 aliphatic rings. The Balaban J connectivity index is 1.40. The monoisotopic (exact) mass is 302 g/mol. The lowest BCUT2D eigenvalue weighted by Gasteiger charge is -2.36. The van der Waals surface area contributed by atoms with Crippen molar-refractivity contribution in [2.24, 2.45) is 0 Å². The van der Waals surface area contributed by atoms with Crippen LogP contribution in [0.4, 0.5) is 0 Å². The largest absolute Gasteiger partial charge is 0.342 e. The molecule has 0 N–H and O–H groups in total. The highest BCUT2D eigenvalue weighted by Gasteiger charge is 2.22. The van der Waals surface area contributed by atoms with Crippen molar-refractivity contribution in [1.82, 2.24) is 19.7 Å². The molecule has 0 atom stereocenters. The van der Waals surface area contributed by atoms with Gasteiger partial charge in [-0.15, -0.1) is 0 Å². The summed E-state index contributed by atoms with van der Waals surface area (Å²) >= 11 is 0. The van der Waals surface area contributed by atoms with Crippen LogP contribution < -0.4 is 0 Å². The van der Waals surface area contributed by atoms with E-state index in [4.69, 9.17) is 0 Å². The van der Waals surface area contributed by atoms with Crippen LogP contribution in [0.3, 0.4) is 0 Å². The van der Waals surface area contributed by atoms with Gasteiger partial charge in [0.05, 0.1) is 6.54 Å². The Kier molecular flexibility index (Phi) is 5.40. The fraction of sp³-hybridized carbons (Fsp3) is 0.647. The number of carbonyl (C=O) groups is 1. The van der Waals surface area contributed by atoms with Gasteiger partial charge in [0.15, 0.2) is 0 Å². The Morgan fingerprint density at radius 2 is 1.73 bits per heavy atom. The van der Waals surface area contributed by atoms with E-state index in [2.05, 4.69) is 20.9 Å². The van der Waals surface area contributed by atoms with Crippen LogP contribution in [0, 0.1) is 0 Å². The van der Waals surface area contributed by atoms with Crippen molar-refractivity contribution >= 4 is 5.91 Å². The Hall–Kier alpha value is -1.46. The molecule has 0 unspecified atom stereocenters. The molecule has 0 aliphatic carbocycles. The van der Waals surface area contributed by atoms with E-state index in [-0.39, 0.29) is 0 Å². The molecule has 0 saturated carbocycles. The molecule has 0 spiro atoms. The molecule has 3 heterocycles. The first kappa shape index (κ1) is 15.4. The van der Waals surface area contributed by atoms with E-state index < -0.39 is 0 Å². The second kappa shape index (κ2) is 7.70. The lowest BCUT2D eigenvalue weighted by molar-refractivity contribution is -0.133. The molecule has 5 nitrogen and oxygen atoms in total. The van der Waals surface area contributed by atoms with E-state index in [0.29, 0.717) is 12.5 Å². The third-order valence-corrected chi connectivity index (χ3v) is 4.66. The van der Waals surface area contributed by atoms with E-state index >= 15 is 0 Å². The molecular weight excluding hydrogens is 276 g/mol. The van der Waals surface area contributed by atoms with Crippen molar-refractivity contribution in [1.29, 1.82) is 0 Å². The highest BCUT2D eigenvalue weighted by Crippen LogP contribution is 2.11. The molecular formula is C17H26N4O. The Bertz CT molecular complexity index is 465. The minimum Gasteiger partial charge on any atom is -0.342 e. The zero-order chi connectivity index (χ0) is 15.2. The van der Waals surface area contributed by atoms with E-state index in [1.807, 2.05) is 23.4 Å². The second-order valence-electron chi connectivity index (χ2n) is 6.36. The van der Waals surface area contributed by atoms with Gasteiger partial charge in [-0.05, 0) is 30.9 Å². The normalized spacial score (nSPS) is 21.0. The van der Waals surface area contributed by atoms with Gasteiger partial charge in [-0.3, -0.25) is 19.6 Å². The molecule has 0 radical (unpaired) electrons. The third kappa shape index (κ3) is 4.27.